The number of amides is 1. The van der Waals surface area contributed by atoms with Crippen LogP contribution in [0.5, 0.6) is 0 Å². The van der Waals surface area contributed by atoms with E-state index in [2.05, 4.69) is 10.9 Å². The van der Waals surface area contributed by atoms with Crippen molar-refractivity contribution in [3.05, 3.63) is 84.3 Å². The molecule has 46 heavy (non-hydrogen) atoms. The van der Waals surface area contributed by atoms with E-state index in [1.807, 2.05) is 27.7 Å². The van der Waals surface area contributed by atoms with Gasteiger partial charge < -0.3 is 9.64 Å². The van der Waals surface area contributed by atoms with Gasteiger partial charge in [-0.3, -0.25) is 23.7 Å². The number of hydrogen-bond donors (Lipinski definition) is 0. The van der Waals surface area contributed by atoms with Crippen LogP contribution in [0.3, 0.4) is 0 Å². The zero-order valence-corrected chi connectivity index (χ0v) is 28.5. The third-order valence-corrected chi connectivity index (χ3v) is 7.95. The molecule has 0 radical (unpaired) electrons. The van der Waals surface area contributed by atoms with E-state index in [0.29, 0.717) is 22.1 Å². The fraction of sp³-hybridized carbons (Fsp3) is 0.441. The second-order valence-corrected chi connectivity index (χ2v) is 13.9. The molecule has 3 aromatic heterocycles. The molecular weight excluding hydrogens is 632 g/mol. The van der Waals surface area contributed by atoms with E-state index in [4.69, 9.17) is 39.3 Å². The lowest BCUT2D eigenvalue weighted by molar-refractivity contribution is -0.0578. The van der Waals surface area contributed by atoms with Gasteiger partial charge in [0.15, 0.2) is 11.3 Å². The molecule has 1 aliphatic heterocycles. The van der Waals surface area contributed by atoms with Crippen LogP contribution in [0.1, 0.15) is 77.3 Å². The Morgan fingerprint density at radius 1 is 1.20 bits per heavy atom. The molecule has 0 unspecified atom stereocenters. The highest BCUT2D eigenvalue weighted by atomic mass is 35.5. The number of allylic oxidation sites excluding steroid dienone is 4. The average Bonchev–Trinajstić information content (AvgIpc) is 2.94. The first-order chi connectivity index (χ1) is 21.5. The van der Waals surface area contributed by atoms with Crippen molar-refractivity contribution in [2.24, 2.45) is 0 Å². The normalized spacial score (nSPS) is 15.1. The Kier molecular flexibility index (Phi) is 10.2. The monoisotopic (exact) mass is 669 g/mol. The fourth-order valence-corrected chi connectivity index (χ4v) is 5.71. The molecule has 1 fully saturated rings. The van der Waals surface area contributed by atoms with Crippen LogP contribution in [0.2, 0.25) is 5.02 Å². The number of hydrogen-bond acceptors (Lipinski definition) is 6. The highest BCUT2D eigenvalue weighted by molar-refractivity contribution is 6.32. The lowest BCUT2D eigenvalue weighted by Gasteiger charge is -2.44. The molecule has 0 atom stereocenters. The van der Waals surface area contributed by atoms with Crippen LogP contribution < -0.4 is 11.1 Å². The summed E-state index contributed by atoms with van der Waals surface area (Å²) < 4.78 is 23.8. The SMILES string of the molecule is C#C/C=C\C=C(\Cl)Cc1nc2c(cc1Cl)n(CC1(F)CN(C(=O)OC(C)(C)C)C1)c(=O)c(=O)n2-c1c(C(C)C)ccnc1C(C)C. The Morgan fingerprint density at radius 2 is 1.87 bits per heavy atom. The molecule has 3 aromatic rings. The number of ether oxygens (including phenoxy) is 1. The highest BCUT2D eigenvalue weighted by Gasteiger charge is 2.48. The number of rotatable bonds is 8. The molecule has 9 nitrogen and oxygen atoms in total. The van der Waals surface area contributed by atoms with E-state index in [1.54, 1.807) is 45.2 Å². The van der Waals surface area contributed by atoms with E-state index in [0.717, 1.165) is 10.1 Å². The molecule has 4 heterocycles. The zero-order chi connectivity index (χ0) is 34.1. The van der Waals surface area contributed by atoms with E-state index < -0.39 is 35.0 Å². The van der Waals surface area contributed by atoms with Crippen molar-refractivity contribution in [1.29, 1.82) is 0 Å². The Balaban J connectivity index is 1.96. The maximum absolute atomic E-state index is 16.1. The van der Waals surface area contributed by atoms with Crippen LogP contribution in [0, 0.1) is 12.3 Å². The fourth-order valence-electron chi connectivity index (χ4n) is 5.30. The van der Waals surface area contributed by atoms with Crippen molar-refractivity contribution in [3.63, 3.8) is 0 Å². The standard InChI is InChI=1S/C34H38Cl2FN5O4/c1-9-10-11-12-22(35)15-25-24(36)16-26-29(39-25)42(28-23(20(2)3)13-14-38-27(28)21(4)5)31(44)30(43)41(26)19-34(37)17-40(18-34)32(45)46-33(6,7)8/h1,10-14,16,20-21H,15,17-19H2,2-8H3/b11-10-,22-12+. The number of aromatic nitrogens is 4. The number of terminal acetylenes is 1. The van der Waals surface area contributed by atoms with Gasteiger partial charge >= 0.3 is 17.2 Å². The van der Waals surface area contributed by atoms with E-state index >= 15 is 4.39 Å². The number of pyridine rings is 2. The minimum absolute atomic E-state index is 0.0464. The molecule has 0 saturated carbocycles. The summed E-state index contributed by atoms with van der Waals surface area (Å²) >= 11 is 13.2. The van der Waals surface area contributed by atoms with Crippen molar-refractivity contribution in [1.82, 2.24) is 24.0 Å². The van der Waals surface area contributed by atoms with Crippen LogP contribution in [0.15, 0.2) is 51.2 Å². The zero-order valence-electron chi connectivity index (χ0n) is 27.0. The van der Waals surface area contributed by atoms with Gasteiger partial charge in [-0.2, -0.15) is 0 Å². The van der Waals surface area contributed by atoms with Gasteiger partial charge in [0.2, 0.25) is 0 Å². The van der Waals surface area contributed by atoms with Gasteiger partial charge in [0, 0.05) is 17.6 Å². The van der Waals surface area contributed by atoms with E-state index in [9.17, 15) is 14.4 Å². The number of likely N-dealkylation sites (tertiary alicyclic amines) is 1. The smallest absolute Gasteiger partial charge is 0.410 e. The third-order valence-electron chi connectivity index (χ3n) is 7.37. The van der Waals surface area contributed by atoms with Gasteiger partial charge in [0.05, 0.1) is 47.2 Å². The first-order valence-corrected chi connectivity index (χ1v) is 15.7. The maximum atomic E-state index is 16.1. The van der Waals surface area contributed by atoms with Crippen molar-refractivity contribution in [3.8, 4) is 18.0 Å². The summed E-state index contributed by atoms with van der Waals surface area (Å²) in [6.45, 7) is 11.8. The van der Waals surface area contributed by atoms with Crippen LogP contribution in [-0.2, 0) is 17.7 Å². The molecule has 0 N–H and O–H groups in total. The average molecular weight is 671 g/mol. The number of alkyl halides is 1. The van der Waals surface area contributed by atoms with E-state index in [-0.39, 0.29) is 47.5 Å². The number of halogens is 3. The Labute approximate surface area is 277 Å². The molecule has 12 heteroatoms. The summed E-state index contributed by atoms with van der Waals surface area (Å²) in [7, 11) is 0. The molecular formula is C34H38Cl2FN5O4. The Bertz CT molecular complexity index is 1860. The Hall–Kier alpha value is -3.94. The van der Waals surface area contributed by atoms with Gasteiger partial charge in [-0.15, -0.1) is 6.42 Å². The quantitative estimate of drug-likeness (QED) is 0.151. The summed E-state index contributed by atoms with van der Waals surface area (Å²) in [5.41, 5.74) is -2.25. The van der Waals surface area contributed by atoms with Gasteiger partial charge in [-0.05, 0) is 62.5 Å². The van der Waals surface area contributed by atoms with Gasteiger partial charge in [-0.25, -0.2) is 14.2 Å². The van der Waals surface area contributed by atoms with Crippen molar-refractivity contribution in [2.45, 2.75) is 84.5 Å². The summed E-state index contributed by atoms with van der Waals surface area (Å²) in [4.78, 5) is 51.1. The number of nitrogens with zero attached hydrogens (tertiary/aromatic N) is 5. The lowest BCUT2D eigenvalue weighted by atomic mass is 9.96. The summed E-state index contributed by atoms with van der Waals surface area (Å²) in [6, 6.07) is 3.30. The van der Waals surface area contributed by atoms with Crippen molar-refractivity contribution >= 4 is 40.5 Å². The summed E-state index contributed by atoms with van der Waals surface area (Å²) in [5.74, 6) is 2.22. The van der Waals surface area contributed by atoms with Crippen molar-refractivity contribution in [2.75, 3.05) is 13.1 Å². The molecule has 1 saturated heterocycles. The summed E-state index contributed by atoms with van der Waals surface area (Å²) in [5, 5.41) is 0.531. The molecule has 0 spiro atoms. The number of fused-ring (bicyclic) bond motifs is 1. The minimum Gasteiger partial charge on any atom is -0.444 e. The van der Waals surface area contributed by atoms with Crippen LogP contribution >= 0.6 is 23.2 Å². The predicted molar refractivity (Wildman–Crippen MR) is 180 cm³/mol. The molecule has 244 valence electrons. The topological polar surface area (TPSA) is 99.3 Å². The van der Waals surface area contributed by atoms with Crippen LogP contribution in [0.25, 0.3) is 16.9 Å². The third kappa shape index (κ3) is 7.37. The lowest BCUT2D eigenvalue weighted by Crippen LogP contribution is -2.64. The first kappa shape index (κ1) is 34.9. The first-order valence-electron chi connectivity index (χ1n) is 14.9. The minimum atomic E-state index is -2.01. The largest absolute Gasteiger partial charge is 0.444 e. The maximum Gasteiger partial charge on any atom is 0.410 e. The second kappa shape index (κ2) is 13.4. The summed E-state index contributed by atoms with van der Waals surface area (Å²) in [6.07, 6.45) is 11.1. The predicted octanol–water partition coefficient (Wildman–Crippen LogP) is 6.66. The number of carbonyl (C=O) groups excluding carboxylic acids is 1. The van der Waals surface area contributed by atoms with Gasteiger partial charge in [-0.1, -0.05) is 62.9 Å². The van der Waals surface area contributed by atoms with Crippen molar-refractivity contribution < 1.29 is 13.9 Å². The van der Waals surface area contributed by atoms with E-state index in [1.165, 1.54) is 21.6 Å². The second-order valence-electron chi connectivity index (χ2n) is 13.0. The molecule has 0 bridgehead atoms. The Morgan fingerprint density at radius 3 is 2.46 bits per heavy atom. The highest BCUT2D eigenvalue weighted by Crippen LogP contribution is 2.33. The molecule has 0 aliphatic carbocycles. The molecule has 1 aliphatic rings. The number of carbonyl (C=O) groups is 1. The van der Waals surface area contributed by atoms with Crippen LogP contribution in [0.4, 0.5) is 9.18 Å². The van der Waals surface area contributed by atoms with Gasteiger partial charge in [0.25, 0.3) is 0 Å². The molecule has 1 amide bonds. The van der Waals surface area contributed by atoms with Gasteiger partial charge in [0.1, 0.15) is 5.60 Å². The van der Waals surface area contributed by atoms with Crippen LogP contribution in [-0.4, -0.2) is 54.5 Å². The molecule has 0 aromatic carbocycles. The molecule has 4 rings (SSSR count).